The van der Waals surface area contributed by atoms with Gasteiger partial charge in [-0.05, 0) is 11.6 Å². The van der Waals surface area contributed by atoms with Crippen molar-refractivity contribution >= 4 is 28.5 Å². The van der Waals surface area contributed by atoms with Crippen LogP contribution in [0.2, 0.25) is 0 Å². The summed E-state index contributed by atoms with van der Waals surface area (Å²) >= 11 is 0. The van der Waals surface area contributed by atoms with E-state index in [0.29, 0.717) is 24.0 Å². The Morgan fingerprint density at radius 2 is 2.12 bits per heavy atom. The first-order valence-corrected chi connectivity index (χ1v) is 8.26. The largest absolute Gasteiger partial charge is 0.350 e. The lowest BCUT2D eigenvalue weighted by atomic mass is 10.2. The van der Waals surface area contributed by atoms with Crippen molar-refractivity contribution in [2.75, 3.05) is 18.0 Å². The Bertz CT molecular complexity index is 1080. The minimum Gasteiger partial charge on any atom is -0.350 e. The fraction of sp³-hybridized carbons (Fsp3) is 0.222. The zero-order chi connectivity index (χ0) is 18.3. The van der Waals surface area contributed by atoms with Gasteiger partial charge in [0.05, 0.1) is 18.0 Å². The van der Waals surface area contributed by atoms with Gasteiger partial charge < -0.3 is 15.2 Å². The average Bonchev–Trinajstić information content (AvgIpc) is 3.16. The van der Waals surface area contributed by atoms with Crippen LogP contribution in [-0.2, 0) is 18.3 Å². The second kappa shape index (κ2) is 6.14. The molecule has 0 bridgehead atoms. The number of pyridine rings is 1. The number of nitrogens with zero attached hydrogens (tertiary/aromatic N) is 3. The van der Waals surface area contributed by atoms with Crippen LogP contribution in [0.1, 0.15) is 15.9 Å². The van der Waals surface area contributed by atoms with Crippen LogP contribution in [0, 0.1) is 0 Å². The monoisotopic (exact) mass is 351 g/mol. The number of nitrogens with one attached hydrogen (secondary N) is 2. The van der Waals surface area contributed by atoms with Crippen LogP contribution >= 0.6 is 0 Å². The molecule has 1 aliphatic heterocycles. The van der Waals surface area contributed by atoms with Crippen molar-refractivity contribution in [3.8, 4) is 0 Å². The van der Waals surface area contributed by atoms with E-state index in [1.807, 2.05) is 24.3 Å². The van der Waals surface area contributed by atoms with Gasteiger partial charge in [-0.2, -0.15) is 5.10 Å². The molecule has 2 amide bonds. The van der Waals surface area contributed by atoms with Crippen molar-refractivity contribution in [3.63, 3.8) is 0 Å². The van der Waals surface area contributed by atoms with Crippen LogP contribution in [0.3, 0.4) is 0 Å². The van der Waals surface area contributed by atoms with Crippen LogP contribution < -0.4 is 15.6 Å². The van der Waals surface area contributed by atoms with Gasteiger partial charge in [-0.25, -0.2) is 0 Å². The molecule has 4 rings (SSSR count). The van der Waals surface area contributed by atoms with Crippen molar-refractivity contribution in [2.45, 2.75) is 6.42 Å². The van der Waals surface area contributed by atoms with Gasteiger partial charge in [-0.3, -0.25) is 19.1 Å². The first-order valence-electron chi connectivity index (χ1n) is 8.26. The maximum Gasteiger partial charge on any atom is 0.256 e. The molecule has 1 aromatic carbocycles. The van der Waals surface area contributed by atoms with Gasteiger partial charge in [0.25, 0.3) is 5.91 Å². The highest BCUT2D eigenvalue weighted by molar-refractivity contribution is 6.01. The summed E-state index contributed by atoms with van der Waals surface area (Å²) in [6.07, 6.45) is 3.20. The molecular weight excluding hydrogens is 334 g/mol. The highest BCUT2D eigenvalue weighted by Crippen LogP contribution is 2.27. The van der Waals surface area contributed by atoms with Crippen molar-refractivity contribution in [1.82, 2.24) is 20.1 Å². The standard InChI is InChI=1S/C18H17N5O3/c1-22-17-12(10-21-22)16(25)13(9-20-17)18(26)19-6-7-23-14-5-3-2-4-11(14)8-15(23)24/h2-5,9-10H,6-8H2,1H3,(H,19,26)(H,20,25). The molecule has 1 aliphatic rings. The molecule has 0 radical (unpaired) electrons. The number of benzene rings is 1. The van der Waals surface area contributed by atoms with E-state index < -0.39 is 5.91 Å². The predicted octanol–water partition coefficient (Wildman–Crippen LogP) is 0.581. The number of carbonyl (C=O) groups is 2. The molecule has 0 unspecified atom stereocenters. The molecule has 2 N–H and O–H groups in total. The summed E-state index contributed by atoms with van der Waals surface area (Å²) in [5.41, 5.74) is 2.08. The van der Waals surface area contributed by atoms with E-state index in [0.717, 1.165) is 11.3 Å². The normalized spacial score (nSPS) is 13.3. The molecule has 8 nitrogen and oxygen atoms in total. The number of aromatic amines is 1. The third-order valence-corrected chi connectivity index (χ3v) is 4.57. The molecule has 0 atom stereocenters. The van der Waals surface area contributed by atoms with E-state index in [4.69, 9.17) is 0 Å². The first-order chi connectivity index (χ1) is 12.6. The molecule has 0 spiro atoms. The molecule has 0 aliphatic carbocycles. The highest BCUT2D eigenvalue weighted by Gasteiger charge is 2.26. The Morgan fingerprint density at radius 3 is 2.96 bits per heavy atom. The Balaban J connectivity index is 1.46. The zero-order valence-electron chi connectivity index (χ0n) is 14.2. The van der Waals surface area contributed by atoms with Crippen molar-refractivity contribution in [3.05, 3.63) is 58.0 Å². The number of amides is 2. The minimum absolute atomic E-state index is 0.00933. The first kappa shape index (κ1) is 16.1. The quantitative estimate of drug-likeness (QED) is 0.718. The second-order valence-electron chi connectivity index (χ2n) is 6.17. The smallest absolute Gasteiger partial charge is 0.256 e. The Morgan fingerprint density at radius 1 is 1.31 bits per heavy atom. The molecule has 2 aromatic heterocycles. The zero-order valence-corrected chi connectivity index (χ0v) is 14.2. The topological polar surface area (TPSA) is 100 Å². The number of aromatic nitrogens is 3. The SMILES string of the molecule is Cn1ncc2c(=O)c(C(=O)NCCN3C(=O)Cc4ccccc43)c[nH]c21. The Kier molecular flexibility index (Phi) is 3.80. The summed E-state index contributed by atoms with van der Waals surface area (Å²) < 4.78 is 1.54. The van der Waals surface area contributed by atoms with Gasteiger partial charge in [-0.15, -0.1) is 0 Å². The number of carbonyl (C=O) groups excluding carboxylic acids is 2. The maximum atomic E-state index is 12.4. The summed E-state index contributed by atoms with van der Waals surface area (Å²) in [5.74, 6) is -0.466. The van der Waals surface area contributed by atoms with Gasteiger partial charge in [-0.1, -0.05) is 18.2 Å². The van der Waals surface area contributed by atoms with E-state index in [2.05, 4.69) is 15.4 Å². The third kappa shape index (κ3) is 2.55. The predicted molar refractivity (Wildman–Crippen MR) is 96.2 cm³/mol. The molecule has 0 saturated carbocycles. The van der Waals surface area contributed by atoms with Crippen molar-refractivity contribution in [2.24, 2.45) is 7.05 Å². The van der Waals surface area contributed by atoms with Gasteiger partial charge in [0, 0.05) is 32.0 Å². The molecule has 8 heteroatoms. The Labute approximate surface area is 148 Å². The van der Waals surface area contributed by atoms with Crippen molar-refractivity contribution < 1.29 is 9.59 Å². The Hall–Kier alpha value is -3.42. The van der Waals surface area contributed by atoms with Crippen molar-refractivity contribution in [1.29, 1.82) is 0 Å². The number of hydrogen-bond acceptors (Lipinski definition) is 4. The van der Waals surface area contributed by atoms with Gasteiger partial charge in [0.15, 0.2) is 0 Å². The van der Waals surface area contributed by atoms with Crippen LogP contribution in [0.15, 0.2) is 41.5 Å². The maximum absolute atomic E-state index is 12.4. The molecule has 3 aromatic rings. The third-order valence-electron chi connectivity index (χ3n) is 4.57. The molecular formula is C18H17N5O3. The lowest BCUT2D eigenvalue weighted by Crippen LogP contribution is -2.38. The number of H-pyrrole nitrogens is 1. The van der Waals surface area contributed by atoms with E-state index in [1.54, 1.807) is 11.9 Å². The molecule has 26 heavy (non-hydrogen) atoms. The number of para-hydroxylation sites is 1. The summed E-state index contributed by atoms with van der Waals surface area (Å²) in [5, 5.41) is 7.08. The summed E-state index contributed by atoms with van der Waals surface area (Å²) in [4.78, 5) is 41.5. The van der Waals surface area contributed by atoms with Crippen LogP contribution in [0.4, 0.5) is 5.69 Å². The fourth-order valence-electron chi connectivity index (χ4n) is 3.23. The average molecular weight is 351 g/mol. The van der Waals surface area contributed by atoms with E-state index in [9.17, 15) is 14.4 Å². The molecule has 132 valence electrons. The number of fused-ring (bicyclic) bond motifs is 2. The lowest BCUT2D eigenvalue weighted by Gasteiger charge is -2.17. The molecule has 3 heterocycles. The minimum atomic E-state index is -0.475. The highest BCUT2D eigenvalue weighted by atomic mass is 16.2. The van der Waals surface area contributed by atoms with E-state index >= 15 is 0 Å². The van der Waals surface area contributed by atoms with Gasteiger partial charge >= 0.3 is 0 Å². The molecule has 0 saturated heterocycles. The van der Waals surface area contributed by atoms with E-state index in [1.165, 1.54) is 17.1 Å². The lowest BCUT2D eigenvalue weighted by molar-refractivity contribution is -0.117. The summed E-state index contributed by atoms with van der Waals surface area (Å²) in [6.45, 7) is 0.609. The fourth-order valence-corrected chi connectivity index (χ4v) is 3.23. The molecule has 0 fully saturated rings. The number of anilines is 1. The van der Waals surface area contributed by atoms with Crippen LogP contribution in [-0.4, -0.2) is 39.7 Å². The van der Waals surface area contributed by atoms with Crippen LogP contribution in [0.25, 0.3) is 11.0 Å². The van der Waals surface area contributed by atoms with E-state index in [-0.39, 0.29) is 23.4 Å². The number of aryl methyl sites for hydroxylation is 1. The second-order valence-corrected chi connectivity index (χ2v) is 6.17. The van der Waals surface area contributed by atoms with Crippen LogP contribution in [0.5, 0.6) is 0 Å². The summed E-state index contributed by atoms with van der Waals surface area (Å²) in [7, 11) is 1.71. The van der Waals surface area contributed by atoms with Gasteiger partial charge in [0.2, 0.25) is 11.3 Å². The number of hydrogen-bond donors (Lipinski definition) is 2. The number of rotatable bonds is 4. The summed E-state index contributed by atoms with van der Waals surface area (Å²) in [6, 6.07) is 7.60. The van der Waals surface area contributed by atoms with Gasteiger partial charge in [0.1, 0.15) is 11.2 Å².